The molecule has 2 saturated heterocycles. The summed E-state index contributed by atoms with van der Waals surface area (Å²) in [6.07, 6.45) is -1.34. The normalized spacial score (nSPS) is 23.1. The fraction of sp³-hybridized carbons (Fsp3) is 0.476. The predicted octanol–water partition coefficient (Wildman–Crippen LogP) is 3.14. The Balaban J connectivity index is 0.000000339. The zero-order valence-electron chi connectivity index (χ0n) is 16.9. The Morgan fingerprint density at radius 1 is 1.32 bits per heavy atom. The lowest BCUT2D eigenvalue weighted by Gasteiger charge is -2.43. The average molecular weight is 440 g/mol. The van der Waals surface area contributed by atoms with Crippen molar-refractivity contribution in [3.8, 4) is 0 Å². The number of rotatable bonds is 3. The van der Waals surface area contributed by atoms with Gasteiger partial charge in [0.2, 0.25) is 0 Å². The highest BCUT2D eigenvalue weighted by atomic mass is 19.4. The fourth-order valence-electron chi connectivity index (χ4n) is 4.17. The van der Waals surface area contributed by atoms with Crippen LogP contribution in [0, 0.1) is 5.41 Å². The van der Waals surface area contributed by atoms with Crippen molar-refractivity contribution in [1.82, 2.24) is 9.88 Å². The van der Waals surface area contributed by atoms with Gasteiger partial charge in [0.05, 0.1) is 23.8 Å². The number of carboxylic acid groups (broad SMARTS) is 1. The van der Waals surface area contributed by atoms with Crippen molar-refractivity contribution < 1.29 is 37.3 Å². The lowest BCUT2D eigenvalue weighted by molar-refractivity contribution is -0.192. The molecule has 7 nitrogen and oxygen atoms in total. The van der Waals surface area contributed by atoms with Gasteiger partial charge in [-0.1, -0.05) is 18.2 Å². The molecule has 0 aliphatic carbocycles. The van der Waals surface area contributed by atoms with E-state index in [0.29, 0.717) is 13.2 Å². The number of hydrogen-bond acceptors (Lipinski definition) is 5. The van der Waals surface area contributed by atoms with Gasteiger partial charge < -0.3 is 19.5 Å². The third kappa shape index (κ3) is 4.96. The van der Waals surface area contributed by atoms with Crippen LogP contribution in [0.25, 0.3) is 10.9 Å². The second-order valence-corrected chi connectivity index (χ2v) is 7.60. The molecule has 0 unspecified atom stereocenters. The first kappa shape index (κ1) is 23.0. The van der Waals surface area contributed by atoms with Gasteiger partial charge in [-0.3, -0.25) is 9.78 Å². The number of halogens is 3. The number of carbonyl (C=O) groups excluding carboxylic acids is 1. The quantitative estimate of drug-likeness (QED) is 0.789. The molecule has 2 aromatic rings. The average Bonchev–Trinajstić information content (AvgIpc) is 3.15. The Labute approximate surface area is 176 Å². The number of ether oxygens (including phenoxy) is 2. The largest absolute Gasteiger partial charge is 0.490 e. The number of para-hydroxylation sites is 1. The third-order valence-electron chi connectivity index (χ3n) is 5.61. The zero-order chi connectivity index (χ0) is 22.6. The van der Waals surface area contributed by atoms with Crippen LogP contribution in [0.1, 0.15) is 23.2 Å². The topological polar surface area (TPSA) is 89.0 Å². The van der Waals surface area contributed by atoms with Crippen molar-refractivity contribution in [3.63, 3.8) is 0 Å². The number of hydrogen-bond donors (Lipinski definition) is 1. The van der Waals surface area contributed by atoms with Crippen molar-refractivity contribution in [2.24, 2.45) is 5.41 Å². The minimum Gasteiger partial charge on any atom is -0.475 e. The highest BCUT2D eigenvalue weighted by Crippen LogP contribution is 2.41. The zero-order valence-corrected chi connectivity index (χ0v) is 16.9. The third-order valence-corrected chi connectivity index (χ3v) is 5.61. The molecule has 1 N–H and O–H groups in total. The van der Waals surface area contributed by atoms with E-state index in [-0.39, 0.29) is 17.4 Å². The number of carboxylic acids is 1. The molecule has 1 aromatic carbocycles. The van der Waals surface area contributed by atoms with Crippen LogP contribution in [0.3, 0.4) is 0 Å². The molecular weight excluding hydrogens is 417 g/mol. The van der Waals surface area contributed by atoms with Gasteiger partial charge in [-0.2, -0.15) is 13.2 Å². The number of carbonyl (C=O) groups is 2. The van der Waals surface area contributed by atoms with E-state index in [0.717, 1.165) is 42.5 Å². The summed E-state index contributed by atoms with van der Waals surface area (Å²) in [5.74, 6) is -2.68. The molecule has 2 fully saturated rings. The number of aliphatic carboxylic acids is 1. The molecule has 0 radical (unpaired) electrons. The summed E-state index contributed by atoms with van der Waals surface area (Å²) in [4.78, 5) is 28.4. The van der Waals surface area contributed by atoms with Gasteiger partial charge >= 0.3 is 12.1 Å². The molecule has 0 saturated carbocycles. The molecule has 2 aliphatic heterocycles. The molecule has 2 aliphatic rings. The summed E-state index contributed by atoms with van der Waals surface area (Å²) >= 11 is 0. The number of piperidine rings is 1. The van der Waals surface area contributed by atoms with E-state index in [9.17, 15) is 18.0 Å². The van der Waals surface area contributed by atoms with Gasteiger partial charge in [0.15, 0.2) is 0 Å². The highest BCUT2D eigenvalue weighted by molar-refractivity contribution is 6.06. The second-order valence-electron chi connectivity index (χ2n) is 7.60. The van der Waals surface area contributed by atoms with Crippen LogP contribution in [0.2, 0.25) is 0 Å². The van der Waals surface area contributed by atoms with Crippen LogP contribution in [-0.4, -0.2) is 72.6 Å². The summed E-state index contributed by atoms with van der Waals surface area (Å²) in [5.41, 5.74) is 1.52. The Bertz CT molecular complexity index is 947. The fourth-order valence-corrected chi connectivity index (χ4v) is 4.17. The summed E-state index contributed by atoms with van der Waals surface area (Å²) in [6, 6.07) is 9.62. The molecule has 1 aromatic heterocycles. The smallest absolute Gasteiger partial charge is 0.475 e. The number of methoxy groups -OCH3 is 1. The Morgan fingerprint density at radius 3 is 2.71 bits per heavy atom. The second kappa shape index (κ2) is 9.19. The van der Waals surface area contributed by atoms with Crippen molar-refractivity contribution in [1.29, 1.82) is 0 Å². The number of benzene rings is 1. The highest BCUT2D eigenvalue weighted by Gasteiger charge is 2.49. The van der Waals surface area contributed by atoms with E-state index in [1.807, 2.05) is 35.2 Å². The van der Waals surface area contributed by atoms with Crippen LogP contribution in [-0.2, 0) is 14.3 Å². The van der Waals surface area contributed by atoms with E-state index in [2.05, 4.69) is 4.98 Å². The van der Waals surface area contributed by atoms with Crippen molar-refractivity contribution in [2.45, 2.75) is 25.1 Å². The van der Waals surface area contributed by atoms with Gasteiger partial charge in [-0.05, 0) is 25.0 Å². The Kier molecular flexibility index (Phi) is 6.80. The summed E-state index contributed by atoms with van der Waals surface area (Å²) in [7, 11) is 1.72. The lowest BCUT2D eigenvalue weighted by atomic mass is 9.77. The molecule has 10 heteroatoms. The van der Waals surface area contributed by atoms with Crippen molar-refractivity contribution >= 4 is 22.8 Å². The predicted molar refractivity (Wildman–Crippen MR) is 105 cm³/mol. The van der Waals surface area contributed by atoms with E-state index >= 15 is 0 Å². The Morgan fingerprint density at radius 2 is 2.03 bits per heavy atom. The van der Waals surface area contributed by atoms with E-state index in [1.54, 1.807) is 13.3 Å². The molecule has 31 heavy (non-hydrogen) atoms. The Hall–Kier alpha value is -2.72. The number of amides is 1. The molecule has 0 spiro atoms. The van der Waals surface area contributed by atoms with Gasteiger partial charge in [0.1, 0.15) is 0 Å². The number of alkyl halides is 3. The molecule has 0 bridgehead atoms. The summed E-state index contributed by atoms with van der Waals surface area (Å²) in [5, 5.41) is 8.04. The first-order valence-electron chi connectivity index (χ1n) is 9.71. The summed E-state index contributed by atoms with van der Waals surface area (Å²) < 4.78 is 43.1. The first-order valence-corrected chi connectivity index (χ1v) is 9.71. The van der Waals surface area contributed by atoms with Crippen molar-refractivity contribution in [3.05, 3.63) is 42.1 Å². The van der Waals surface area contributed by atoms with Crippen molar-refractivity contribution in [2.75, 3.05) is 33.4 Å². The maximum absolute atomic E-state index is 13.2. The van der Waals surface area contributed by atoms with Crippen LogP contribution in [0.4, 0.5) is 13.2 Å². The SMILES string of the molecule is COC[C@@]12CCO[C@@H]1CCN(C(=O)c1ccnc3ccccc13)C2.O=C(O)C(F)(F)F. The summed E-state index contributed by atoms with van der Waals surface area (Å²) in [6.45, 7) is 2.82. The molecule has 168 valence electrons. The molecule has 3 heterocycles. The van der Waals surface area contributed by atoms with Crippen LogP contribution < -0.4 is 0 Å². The number of likely N-dealkylation sites (tertiary alicyclic amines) is 1. The maximum atomic E-state index is 13.2. The van der Waals surface area contributed by atoms with Crippen LogP contribution in [0.5, 0.6) is 0 Å². The van der Waals surface area contributed by atoms with Crippen LogP contribution >= 0.6 is 0 Å². The van der Waals surface area contributed by atoms with E-state index in [1.165, 1.54) is 0 Å². The van der Waals surface area contributed by atoms with Gasteiger partial charge in [-0.25, -0.2) is 4.79 Å². The van der Waals surface area contributed by atoms with E-state index < -0.39 is 12.1 Å². The first-order chi connectivity index (χ1) is 14.7. The minimum absolute atomic E-state index is 0.0640. The number of aromatic nitrogens is 1. The number of fused-ring (bicyclic) bond motifs is 2. The lowest BCUT2D eigenvalue weighted by Crippen LogP contribution is -2.53. The van der Waals surface area contributed by atoms with Gasteiger partial charge in [-0.15, -0.1) is 0 Å². The number of nitrogens with zero attached hydrogens (tertiary/aromatic N) is 2. The van der Waals surface area contributed by atoms with E-state index in [4.69, 9.17) is 19.4 Å². The molecule has 4 rings (SSSR count). The maximum Gasteiger partial charge on any atom is 0.490 e. The van der Waals surface area contributed by atoms with Crippen LogP contribution in [0.15, 0.2) is 36.5 Å². The number of pyridine rings is 1. The standard InChI is InChI=1S/C19H22N2O3.C2HF3O2/c1-23-13-19-8-11-24-17(19)7-10-21(12-19)18(22)15-6-9-20-16-5-3-2-4-14(15)16;3-2(4,5)1(6)7/h2-6,9,17H,7-8,10-13H2,1H3;(H,6,7)/t17-,19+;/m1./s1. The molecular formula is C21H23F3N2O5. The molecule has 1 amide bonds. The minimum atomic E-state index is -5.08. The van der Waals surface area contributed by atoms with Gasteiger partial charge in [0, 0.05) is 43.8 Å². The van der Waals surface area contributed by atoms with Gasteiger partial charge in [0.25, 0.3) is 5.91 Å². The molecule has 2 atom stereocenters. The monoisotopic (exact) mass is 440 g/mol.